The molecule has 2 aliphatic heterocycles. The highest BCUT2D eigenvalue weighted by molar-refractivity contribution is 6.30. The Kier molecular flexibility index (Phi) is 8.43. The number of unbranched alkanes of at least 4 members (excludes halogenated alkanes) is 1. The molecule has 0 N–H and O–H groups in total. The van der Waals surface area contributed by atoms with Crippen molar-refractivity contribution in [1.82, 2.24) is 14.7 Å². The summed E-state index contributed by atoms with van der Waals surface area (Å²) in [7, 11) is 0. The highest BCUT2D eigenvalue weighted by Gasteiger charge is 2.21. The molecule has 32 heavy (non-hydrogen) atoms. The van der Waals surface area contributed by atoms with Crippen LogP contribution in [-0.4, -0.2) is 79.5 Å². The van der Waals surface area contributed by atoms with Crippen LogP contribution >= 0.6 is 11.6 Å². The summed E-state index contributed by atoms with van der Waals surface area (Å²) in [5.41, 5.74) is 2.58. The average molecular weight is 455 g/mol. The van der Waals surface area contributed by atoms with E-state index in [4.69, 9.17) is 11.6 Å². The van der Waals surface area contributed by atoms with Crippen LogP contribution < -0.4 is 4.90 Å². The molecule has 2 saturated heterocycles. The SMILES string of the molecule is O=C(CCCCN1CCN(Cc2ccc(Cl)cc2)CC1)N1CCN(c2ccccc2)CC1. The van der Waals surface area contributed by atoms with Crippen LogP contribution in [0, 0.1) is 0 Å². The lowest BCUT2D eigenvalue weighted by atomic mass is 10.1. The molecule has 2 aromatic rings. The van der Waals surface area contributed by atoms with Crippen LogP contribution in [-0.2, 0) is 11.3 Å². The first-order valence-corrected chi connectivity index (χ1v) is 12.3. The summed E-state index contributed by atoms with van der Waals surface area (Å²) in [5.74, 6) is 0.325. The van der Waals surface area contributed by atoms with Gasteiger partial charge in [-0.05, 0) is 49.2 Å². The number of nitrogens with zero attached hydrogens (tertiary/aromatic N) is 4. The molecule has 0 atom stereocenters. The quantitative estimate of drug-likeness (QED) is 0.564. The second kappa shape index (κ2) is 11.7. The monoisotopic (exact) mass is 454 g/mol. The number of hydrogen-bond donors (Lipinski definition) is 0. The van der Waals surface area contributed by atoms with E-state index >= 15 is 0 Å². The molecule has 1 amide bonds. The number of hydrogen-bond acceptors (Lipinski definition) is 4. The second-order valence-corrected chi connectivity index (χ2v) is 9.34. The number of benzene rings is 2. The van der Waals surface area contributed by atoms with E-state index in [0.29, 0.717) is 12.3 Å². The van der Waals surface area contributed by atoms with Crippen molar-refractivity contribution in [2.75, 3.05) is 63.8 Å². The van der Waals surface area contributed by atoms with Gasteiger partial charge in [-0.1, -0.05) is 41.9 Å². The molecule has 0 spiro atoms. The Balaban J connectivity index is 1.07. The van der Waals surface area contributed by atoms with Gasteiger partial charge >= 0.3 is 0 Å². The molecular formula is C26H35ClN4O. The maximum atomic E-state index is 12.6. The summed E-state index contributed by atoms with van der Waals surface area (Å²) in [4.78, 5) is 22.1. The lowest BCUT2D eigenvalue weighted by Gasteiger charge is -2.36. The number of anilines is 1. The van der Waals surface area contributed by atoms with Gasteiger partial charge in [0, 0.05) is 76.0 Å². The second-order valence-electron chi connectivity index (χ2n) is 8.90. The van der Waals surface area contributed by atoms with Crippen molar-refractivity contribution in [3.63, 3.8) is 0 Å². The zero-order valence-electron chi connectivity index (χ0n) is 19.0. The predicted octanol–water partition coefficient (Wildman–Crippen LogP) is 3.98. The summed E-state index contributed by atoms with van der Waals surface area (Å²) in [5, 5.41) is 0.798. The Hall–Kier alpha value is -2.08. The molecule has 0 saturated carbocycles. The number of halogens is 1. The van der Waals surface area contributed by atoms with E-state index in [1.54, 1.807) is 0 Å². The molecule has 0 radical (unpaired) electrons. The van der Waals surface area contributed by atoms with Gasteiger partial charge in [-0.15, -0.1) is 0 Å². The number of piperazine rings is 2. The van der Waals surface area contributed by atoms with Crippen LogP contribution in [0.3, 0.4) is 0 Å². The van der Waals surface area contributed by atoms with E-state index in [9.17, 15) is 4.79 Å². The minimum Gasteiger partial charge on any atom is -0.368 e. The third kappa shape index (κ3) is 6.71. The van der Waals surface area contributed by atoms with E-state index in [0.717, 1.165) is 83.3 Å². The fourth-order valence-electron chi connectivity index (χ4n) is 4.64. The molecule has 5 nitrogen and oxygen atoms in total. The number of carbonyl (C=O) groups is 1. The van der Waals surface area contributed by atoms with Crippen molar-refractivity contribution in [1.29, 1.82) is 0 Å². The lowest BCUT2D eigenvalue weighted by Crippen LogP contribution is -2.48. The summed E-state index contributed by atoms with van der Waals surface area (Å²) in [6.45, 7) is 10.1. The summed E-state index contributed by atoms with van der Waals surface area (Å²) in [6, 6.07) is 18.7. The van der Waals surface area contributed by atoms with Crippen LogP contribution in [0.2, 0.25) is 5.02 Å². The summed E-state index contributed by atoms with van der Waals surface area (Å²) >= 11 is 5.98. The zero-order chi connectivity index (χ0) is 22.2. The third-order valence-corrected chi connectivity index (χ3v) is 6.91. The lowest BCUT2D eigenvalue weighted by molar-refractivity contribution is -0.131. The topological polar surface area (TPSA) is 30.0 Å². The molecule has 2 aromatic carbocycles. The van der Waals surface area contributed by atoms with Crippen molar-refractivity contribution >= 4 is 23.2 Å². The highest BCUT2D eigenvalue weighted by Crippen LogP contribution is 2.17. The Morgan fingerprint density at radius 1 is 0.750 bits per heavy atom. The van der Waals surface area contributed by atoms with Crippen LogP contribution in [0.15, 0.2) is 54.6 Å². The van der Waals surface area contributed by atoms with Crippen molar-refractivity contribution in [3.8, 4) is 0 Å². The van der Waals surface area contributed by atoms with Gasteiger partial charge in [0.25, 0.3) is 0 Å². The van der Waals surface area contributed by atoms with Gasteiger partial charge in [0.15, 0.2) is 0 Å². The van der Waals surface area contributed by atoms with E-state index < -0.39 is 0 Å². The Labute approximate surface area is 197 Å². The normalized spacial score (nSPS) is 18.2. The first kappa shape index (κ1) is 23.1. The summed E-state index contributed by atoms with van der Waals surface area (Å²) < 4.78 is 0. The molecule has 6 heteroatoms. The fourth-order valence-corrected chi connectivity index (χ4v) is 4.77. The molecule has 0 aliphatic carbocycles. The molecule has 0 aromatic heterocycles. The van der Waals surface area contributed by atoms with Gasteiger partial charge in [-0.25, -0.2) is 0 Å². The van der Waals surface area contributed by atoms with Gasteiger partial charge < -0.3 is 14.7 Å². The molecule has 0 bridgehead atoms. The molecule has 2 heterocycles. The van der Waals surface area contributed by atoms with Crippen LogP contribution in [0.1, 0.15) is 24.8 Å². The number of rotatable bonds is 8. The molecular weight excluding hydrogens is 420 g/mol. The van der Waals surface area contributed by atoms with E-state index in [2.05, 4.69) is 56.0 Å². The van der Waals surface area contributed by atoms with E-state index in [-0.39, 0.29) is 0 Å². The number of amides is 1. The fraction of sp³-hybridized carbons (Fsp3) is 0.500. The van der Waals surface area contributed by atoms with Gasteiger partial charge in [-0.3, -0.25) is 9.69 Å². The summed E-state index contributed by atoms with van der Waals surface area (Å²) in [6.07, 6.45) is 2.78. The zero-order valence-corrected chi connectivity index (χ0v) is 19.7. The standard InChI is InChI=1S/C26H35ClN4O/c27-24-11-9-23(10-12-24)22-29-16-14-28(15-17-29)13-5-4-8-26(32)31-20-18-30(19-21-31)25-6-2-1-3-7-25/h1-3,6-7,9-12H,4-5,8,13-22H2. The maximum Gasteiger partial charge on any atom is 0.222 e. The largest absolute Gasteiger partial charge is 0.368 e. The van der Waals surface area contributed by atoms with E-state index in [1.165, 1.54) is 11.3 Å². The molecule has 2 aliphatic rings. The van der Waals surface area contributed by atoms with Crippen molar-refractivity contribution < 1.29 is 4.79 Å². The van der Waals surface area contributed by atoms with Gasteiger partial charge in [-0.2, -0.15) is 0 Å². The van der Waals surface area contributed by atoms with Crippen LogP contribution in [0.5, 0.6) is 0 Å². The molecule has 0 unspecified atom stereocenters. The van der Waals surface area contributed by atoms with Crippen molar-refractivity contribution in [3.05, 3.63) is 65.2 Å². The molecule has 4 rings (SSSR count). The Bertz CT molecular complexity index is 829. The minimum atomic E-state index is 0.325. The smallest absolute Gasteiger partial charge is 0.222 e. The first-order valence-electron chi connectivity index (χ1n) is 11.9. The molecule has 2 fully saturated rings. The first-order chi connectivity index (χ1) is 15.7. The van der Waals surface area contributed by atoms with E-state index in [1.807, 2.05) is 18.2 Å². The highest BCUT2D eigenvalue weighted by atomic mass is 35.5. The average Bonchev–Trinajstić information content (AvgIpc) is 2.85. The molecule has 172 valence electrons. The third-order valence-electron chi connectivity index (χ3n) is 6.65. The Morgan fingerprint density at radius 2 is 1.41 bits per heavy atom. The van der Waals surface area contributed by atoms with Gasteiger partial charge in [0.2, 0.25) is 5.91 Å². The number of carbonyl (C=O) groups excluding carboxylic acids is 1. The van der Waals surface area contributed by atoms with Gasteiger partial charge in [0.05, 0.1) is 0 Å². The predicted molar refractivity (Wildman–Crippen MR) is 132 cm³/mol. The number of para-hydroxylation sites is 1. The van der Waals surface area contributed by atoms with Crippen LogP contribution in [0.4, 0.5) is 5.69 Å². The maximum absolute atomic E-state index is 12.6. The Morgan fingerprint density at radius 3 is 2.09 bits per heavy atom. The van der Waals surface area contributed by atoms with Crippen molar-refractivity contribution in [2.45, 2.75) is 25.8 Å². The van der Waals surface area contributed by atoms with Crippen molar-refractivity contribution in [2.24, 2.45) is 0 Å². The van der Waals surface area contributed by atoms with Gasteiger partial charge in [0.1, 0.15) is 0 Å². The minimum absolute atomic E-state index is 0.325. The van der Waals surface area contributed by atoms with Crippen LogP contribution in [0.25, 0.3) is 0 Å².